The monoisotopic (exact) mass is 284 g/mol. The zero-order valence-corrected chi connectivity index (χ0v) is 14.3. The van der Waals surface area contributed by atoms with Crippen LogP contribution in [0.1, 0.15) is 90.9 Å². The molecule has 0 amide bonds. The van der Waals surface area contributed by atoms with Crippen LogP contribution in [0.3, 0.4) is 0 Å². The molecule has 3 N–H and O–H groups in total. The maximum absolute atomic E-state index is 5.56. The fourth-order valence-corrected chi connectivity index (χ4v) is 2.83. The Morgan fingerprint density at radius 3 is 1.70 bits per heavy atom. The van der Waals surface area contributed by atoms with Gasteiger partial charge in [0.1, 0.15) is 0 Å². The minimum atomic E-state index is 0.764. The first-order valence-electron chi connectivity index (χ1n) is 9.25. The second kappa shape index (κ2) is 17.0. The van der Waals surface area contributed by atoms with Crippen molar-refractivity contribution in [3.05, 3.63) is 0 Å². The quantitative estimate of drug-likeness (QED) is 0.397. The Morgan fingerprint density at radius 2 is 1.25 bits per heavy atom. The SMILES string of the molecule is CCCCCCCC(CCCCCCC)CNCCN. The highest BCUT2D eigenvalue weighted by molar-refractivity contribution is 4.64. The number of hydrogen-bond donors (Lipinski definition) is 2. The van der Waals surface area contributed by atoms with Gasteiger partial charge in [-0.1, -0.05) is 78.1 Å². The number of hydrogen-bond acceptors (Lipinski definition) is 2. The lowest BCUT2D eigenvalue weighted by molar-refractivity contribution is 0.384. The average Bonchev–Trinajstić information content (AvgIpc) is 2.46. The van der Waals surface area contributed by atoms with Crippen molar-refractivity contribution in [1.82, 2.24) is 5.32 Å². The molecule has 122 valence electrons. The smallest absolute Gasteiger partial charge is 0.00746 e. The predicted octanol–water partition coefficient (Wildman–Crippen LogP) is 4.87. The molecule has 0 aliphatic rings. The number of unbranched alkanes of at least 4 members (excludes halogenated alkanes) is 8. The lowest BCUT2D eigenvalue weighted by atomic mass is 9.94. The lowest BCUT2D eigenvalue weighted by Crippen LogP contribution is -2.28. The molecule has 0 bridgehead atoms. The van der Waals surface area contributed by atoms with E-state index in [4.69, 9.17) is 5.73 Å². The highest BCUT2D eigenvalue weighted by atomic mass is 14.9. The molecule has 0 aliphatic carbocycles. The van der Waals surface area contributed by atoms with Crippen molar-refractivity contribution in [2.75, 3.05) is 19.6 Å². The topological polar surface area (TPSA) is 38.0 Å². The molecule has 0 saturated heterocycles. The van der Waals surface area contributed by atoms with Gasteiger partial charge >= 0.3 is 0 Å². The third-order valence-electron chi connectivity index (χ3n) is 4.19. The van der Waals surface area contributed by atoms with Gasteiger partial charge in [-0.3, -0.25) is 0 Å². The molecule has 0 aromatic heterocycles. The molecule has 0 fully saturated rings. The van der Waals surface area contributed by atoms with Crippen LogP contribution in [0, 0.1) is 5.92 Å². The molecule has 0 spiro atoms. The van der Waals surface area contributed by atoms with E-state index in [1.807, 2.05) is 0 Å². The van der Waals surface area contributed by atoms with Gasteiger partial charge in [-0.15, -0.1) is 0 Å². The first-order chi connectivity index (χ1) is 9.85. The van der Waals surface area contributed by atoms with Crippen LogP contribution < -0.4 is 11.1 Å². The third kappa shape index (κ3) is 14.3. The van der Waals surface area contributed by atoms with Crippen LogP contribution in [-0.2, 0) is 0 Å². The van der Waals surface area contributed by atoms with E-state index < -0.39 is 0 Å². The summed E-state index contributed by atoms with van der Waals surface area (Å²) in [5, 5.41) is 3.51. The molecule has 0 rings (SSSR count). The summed E-state index contributed by atoms with van der Waals surface area (Å²) in [7, 11) is 0. The van der Waals surface area contributed by atoms with Gasteiger partial charge in [0.05, 0.1) is 0 Å². The summed E-state index contributed by atoms with van der Waals surface area (Å²) in [5.41, 5.74) is 5.56. The van der Waals surface area contributed by atoms with Crippen LogP contribution in [0.25, 0.3) is 0 Å². The van der Waals surface area contributed by atoms with E-state index in [1.165, 1.54) is 83.6 Å². The van der Waals surface area contributed by atoms with Crippen molar-refractivity contribution in [2.45, 2.75) is 90.9 Å². The molecule has 0 aromatic carbocycles. The van der Waals surface area contributed by atoms with Crippen molar-refractivity contribution in [1.29, 1.82) is 0 Å². The largest absolute Gasteiger partial charge is 0.329 e. The van der Waals surface area contributed by atoms with Crippen molar-refractivity contribution in [2.24, 2.45) is 11.7 Å². The van der Waals surface area contributed by atoms with Gasteiger partial charge in [0.25, 0.3) is 0 Å². The number of nitrogens with two attached hydrogens (primary N) is 1. The second-order valence-electron chi connectivity index (χ2n) is 6.26. The highest BCUT2D eigenvalue weighted by Gasteiger charge is 2.08. The molecule has 0 aromatic rings. The standard InChI is InChI=1S/C18H40N2/c1-3-5-7-9-11-13-18(17-20-16-15-19)14-12-10-8-6-4-2/h18,20H,3-17,19H2,1-2H3. The van der Waals surface area contributed by atoms with E-state index in [1.54, 1.807) is 0 Å². The lowest BCUT2D eigenvalue weighted by Gasteiger charge is -2.17. The van der Waals surface area contributed by atoms with Gasteiger partial charge in [0, 0.05) is 13.1 Å². The van der Waals surface area contributed by atoms with Crippen molar-refractivity contribution in [3.8, 4) is 0 Å². The highest BCUT2D eigenvalue weighted by Crippen LogP contribution is 2.18. The average molecular weight is 285 g/mol. The Hall–Kier alpha value is -0.0800. The molecular weight excluding hydrogens is 244 g/mol. The first-order valence-corrected chi connectivity index (χ1v) is 9.25. The molecule has 2 heteroatoms. The Kier molecular flexibility index (Phi) is 16.9. The Balaban J connectivity index is 3.64. The summed E-state index contributed by atoms with van der Waals surface area (Å²) < 4.78 is 0. The molecule has 0 unspecified atom stereocenters. The normalized spacial score (nSPS) is 11.4. The maximum atomic E-state index is 5.56. The van der Waals surface area contributed by atoms with Gasteiger partial charge in [0.15, 0.2) is 0 Å². The third-order valence-corrected chi connectivity index (χ3v) is 4.19. The minimum Gasteiger partial charge on any atom is -0.329 e. The Labute approximate surface area is 128 Å². The van der Waals surface area contributed by atoms with Crippen molar-refractivity contribution < 1.29 is 0 Å². The predicted molar refractivity (Wildman–Crippen MR) is 92.2 cm³/mol. The fourth-order valence-electron chi connectivity index (χ4n) is 2.83. The molecule has 0 aliphatic heterocycles. The Bertz CT molecular complexity index is 157. The second-order valence-corrected chi connectivity index (χ2v) is 6.26. The van der Waals surface area contributed by atoms with E-state index in [9.17, 15) is 0 Å². The minimum absolute atomic E-state index is 0.764. The first kappa shape index (κ1) is 19.9. The fraction of sp³-hybridized carbons (Fsp3) is 1.00. The van der Waals surface area contributed by atoms with Crippen molar-refractivity contribution in [3.63, 3.8) is 0 Å². The van der Waals surface area contributed by atoms with Crippen LogP contribution in [0.5, 0.6) is 0 Å². The number of nitrogens with one attached hydrogen (secondary N) is 1. The zero-order valence-electron chi connectivity index (χ0n) is 14.3. The van der Waals surface area contributed by atoms with E-state index >= 15 is 0 Å². The van der Waals surface area contributed by atoms with Crippen molar-refractivity contribution >= 4 is 0 Å². The maximum Gasteiger partial charge on any atom is 0.00746 e. The summed E-state index contributed by atoms with van der Waals surface area (Å²) in [6.45, 7) is 7.49. The molecule has 20 heavy (non-hydrogen) atoms. The van der Waals surface area contributed by atoms with Gasteiger partial charge in [-0.05, 0) is 25.3 Å². The van der Waals surface area contributed by atoms with Crippen LogP contribution in [0.15, 0.2) is 0 Å². The van der Waals surface area contributed by atoms with Gasteiger partial charge in [-0.25, -0.2) is 0 Å². The summed E-state index contributed by atoms with van der Waals surface area (Å²) in [5.74, 6) is 0.879. The van der Waals surface area contributed by atoms with E-state index in [2.05, 4.69) is 19.2 Å². The van der Waals surface area contributed by atoms with E-state index in [0.29, 0.717) is 0 Å². The molecular formula is C18H40N2. The van der Waals surface area contributed by atoms with E-state index in [0.717, 1.165) is 19.0 Å². The van der Waals surface area contributed by atoms with Crippen LogP contribution in [-0.4, -0.2) is 19.6 Å². The summed E-state index contributed by atoms with van der Waals surface area (Å²) in [6.07, 6.45) is 16.9. The van der Waals surface area contributed by atoms with Gasteiger partial charge in [-0.2, -0.15) is 0 Å². The van der Waals surface area contributed by atoms with E-state index in [-0.39, 0.29) is 0 Å². The van der Waals surface area contributed by atoms with Crippen LogP contribution in [0.2, 0.25) is 0 Å². The van der Waals surface area contributed by atoms with Gasteiger partial charge < -0.3 is 11.1 Å². The van der Waals surface area contributed by atoms with Crippen LogP contribution >= 0.6 is 0 Å². The van der Waals surface area contributed by atoms with Crippen LogP contribution in [0.4, 0.5) is 0 Å². The Morgan fingerprint density at radius 1 is 0.750 bits per heavy atom. The van der Waals surface area contributed by atoms with Gasteiger partial charge in [0.2, 0.25) is 0 Å². The molecule has 0 saturated carbocycles. The zero-order chi connectivity index (χ0) is 14.9. The molecule has 0 atom stereocenters. The summed E-state index contributed by atoms with van der Waals surface area (Å²) in [4.78, 5) is 0. The summed E-state index contributed by atoms with van der Waals surface area (Å²) >= 11 is 0. The molecule has 0 radical (unpaired) electrons. The molecule has 0 heterocycles. The number of rotatable bonds is 16. The molecule has 2 nitrogen and oxygen atoms in total. The summed E-state index contributed by atoms with van der Waals surface area (Å²) in [6, 6.07) is 0.